The van der Waals surface area contributed by atoms with Crippen LogP contribution in [-0.4, -0.2) is 52.6 Å². The van der Waals surface area contributed by atoms with Crippen LogP contribution < -0.4 is 10.1 Å². The summed E-state index contributed by atoms with van der Waals surface area (Å²) in [7, 11) is 4.06. The Hall–Kier alpha value is -1.14. The maximum absolute atomic E-state index is 5.91. The second-order valence-electron chi connectivity index (χ2n) is 5.63. The molecule has 0 saturated carbocycles. The monoisotopic (exact) mass is 301 g/mol. The van der Waals surface area contributed by atoms with Gasteiger partial charge in [-0.2, -0.15) is 15.0 Å². The minimum atomic E-state index is -0.0102. The number of hydrogen-bond donors (Lipinski definition) is 1. The molecule has 0 fully saturated rings. The van der Waals surface area contributed by atoms with Crippen LogP contribution in [0.3, 0.4) is 0 Å². The number of nitrogens with one attached hydrogen (secondary N) is 1. The first-order valence-electron chi connectivity index (χ1n) is 6.77. The predicted molar refractivity (Wildman–Crippen MR) is 81.4 cm³/mol. The minimum absolute atomic E-state index is 0.0102. The first-order chi connectivity index (χ1) is 9.27. The van der Waals surface area contributed by atoms with Crippen molar-refractivity contribution < 1.29 is 4.74 Å². The number of halogens is 1. The summed E-state index contributed by atoms with van der Waals surface area (Å²) < 4.78 is 5.46. The molecule has 0 aliphatic rings. The molecule has 0 aromatic carbocycles. The van der Waals surface area contributed by atoms with Crippen molar-refractivity contribution in [3.05, 3.63) is 5.28 Å². The van der Waals surface area contributed by atoms with Crippen molar-refractivity contribution in [3.63, 3.8) is 0 Å². The van der Waals surface area contributed by atoms with E-state index in [4.69, 9.17) is 16.3 Å². The van der Waals surface area contributed by atoms with Crippen molar-refractivity contribution in [2.45, 2.75) is 39.8 Å². The molecule has 1 aromatic rings. The molecule has 1 rings (SSSR count). The summed E-state index contributed by atoms with van der Waals surface area (Å²) in [5.41, 5.74) is 0. The van der Waals surface area contributed by atoms with Gasteiger partial charge in [0.25, 0.3) is 0 Å². The molecule has 1 aromatic heterocycles. The Morgan fingerprint density at radius 1 is 1.15 bits per heavy atom. The van der Waals surface area contributed by atoms with Crippen molar-refractivity contribution in [2.24, 2.45) is 5.92 Å². The van der Waals surface area contributed by atoms with Gasteiger partial charge in [-0.1, -0.05) is 13.8 Å². The quantitative estimate of drug-likeness (QED) is 0.834. The van der Waals surface area contributed by atoms with Gasteiger partial charge in [0.1, 0.15) is 0 Å². The maximum atomic E-state index is 5.91. The molecule has 0 aliphatic heterocycles. The standard InChI is InChI=1S/C13H24ClN5O/c1-8(2)10(7-19(5)6)15-12-16-11(14)17-13(18-12)20-9(3)4/h8-10H,7H2,1-6H3,(H,15,16,17,18). The minimum Gasteiger partial charge on any atom is -0.461 e. The van der Waals surface area contributed by atoms with E-state index in [0.29, 0.717) is 11.9 Å². The van der Waals surface area contributed by atoms with Gasteiger partial charge in [-0.15, -0.1) is 0 Å². The van der Waals surface area contributed by atoms with E-state index in [1.165, 1.54) is 0 Å². The molecule has 0 radical (unpaired) electrons. The van der Waals surface area contributed by atoms with Gasteiger partial charge >= 0.3 is 6.01 Å². The van der Waals surface area contributed by atoms with Crippen LogP contribution in [0.5, 0.6) is 6.01 Å². The molecule has 7 heteroatoms. The molecule has 1 atom stereocenters. The highest BCUT2D eigenvalue weighted by Crippen LogP contribution is 2.15. The summed E-state index contributed by atoms with van der Waals surface area (Å²) in [4.78, 5) is 14.4. The molecule has 0 bridgehead atoms. The fourth-order valence-corrected chi connectivity index (χ4v) is 1.79. The van der Waals surface area contributed by atoms with E-state index in [1.807, 2.05) is 27.9 Å². The molecular formula is C13H24ClN5O. The Morgan fingerprint density at radius 2 is 1.80 bits per heavy atom. The SMILES string of the molecule is CC(C)Oc1nc(Cl)nc(NC(CN(C)C)C(C)C)n1. The first kappa shape index (κ1) is 16.9. The normalized spacial score (nSPS) is 13.1. The molecule has 0 amide bonds. The molecule has 0 saturated heterocycles. The van der Waals surface area contributed by atoms with E-state index in [2.05, 4.69) is 39.0 Å². The van der Waals surface area contributed by atoms with Gasteiger partial charge in [-0.25, -0.2) is 0 Å². The van der Waals surface area contributed by atoms with Crippen LogP contribution in [0.4, 0.5) is 5.95 Å². The van der Waals surface area contributed by atoms with Gasteiger partial charge in [0.05, 0.1) is 6.10 Å². The Bertz CT molecular complexity index is 425. The molecule has 1 N–H and O–H groups in total. The van der Waals surface area contributed by atoms with Gasteiger partial charge in [0, 0.05) is 12.6 Å². The molecule has 114 valence electrons. The third-order valence-electron chi connectivity index (χ3n) is 2.61. The molecular weight excluding hydrogens is 278 g/mol. The highest BCUT2D eigenvalue weighted by Gasteiger charge is 2.17. The fourth-order valence-electron chi connectivity index (χ4n) is 1.64. The lowest BCUT2D eigenvalue weighted by Gasteiger charge is -2.25. The molecule has 1 heterocycles. The third kappa shape index (κ3) is 5.88. The van der Waals surface area contributed by atoms with E-state index < -0.39 is 0 Å². The van der Waals surface area contributed by atoms with Gasteiger partial charge < -0.3 is 15.0 Å². The van der Waals surface area contributed by atoms with Gasteiger partial charge in [0.15, 0.2) is 0 Å². The van der Waals surface area contributed by atoms with Crippen LogP contribution in [0.2, 0.25) is 5.28 Å². The van der Waals surface area contributed by atoms with Crippen molar-refractivity contribution in [1.29, 1.82) is 0 Å². The summed E-state index contributed by atoms with van der Waals surface area (Å²) in [5.74, 6) is 0.878. The summed E-state index contributed by atoms with van der Waals surface area (Å²) in [6.45, 7) is 8.99. The van der Waals surface area contributed by atoms with Gasteiger partial charge in [-0.05, 0) is 45.5 Å². The third-order valence-corrected chi connectivity index (χ3v) is 2.78. The topological polar surface area (TPSA) is 63.2 Å². The van der Waals surface area contributed by atoms with Gasteiger partial charge in [-0.3, -0.25) is 0 Å². The zero-order valence-electron chi connectivity index (χ0n) is 13.0. The second-order valence-corrected chi connectivity index (χ2v) is 5.97. The molecule has 0 spiro atoms. The van der Waals surface area contributed by atoms with Crippen molar-refractivity contribution >= 4 is 17.5 Å². The van der Waals surface area contributed by atoms with Crippen molar-refractivity contribution in [1.82, 2.24) is 19.9 Å². The smallest absolute Gasteiger partial charge is 0.322 e. The number of rotatable bonds is 7. The highest BCUT2D eigenvalue weighted by molar-refractivity contribution is 6.28. The van der Waals surface area contributed by atoms with Gasteiger partial charge in [0.2, 0.25) is 11.2 Å². The number of nitrogens with zero attached hydrogens (tertiary/aromatic N) is 4. The Labute approximate surface area is 125 Å². The molecule has 1 unspecified atom stereocenters. The zero-order valence-corrected chi connectivity index (χ0v) is 13.8. The van der Waals surface area contributed by atoms with E-state index in [9.17, 15) is 0 Å². The van der Waals surface area contributed by atoms with Crippen LogP contribution >= 0.6 is 11.6 Å². The fraction of sp³-hybridized carbons (Fsp3) is 0.769. The van der Waals surface area contributed by atoms with E-state index in [1.54, 1.807) is 0 Å². The number of ether oxygens (including phenoxy) is 1. The second kappa shape index (κ2) is 7.59. The van der Waals surface area contributed by atoms with Crippen molar-refractivity contribution in [3.8, 4) is 6.01 Å². The lowest BCUT2D eigenvalue weighted by atomic mass is 10.0. The van der Waals surface area contributed by atoms with Crippen LogP contribution in [0, 0.1) is 5.92 Å². The first-order valence-corrected chi connectivity index (χ1v) is 7.15. The summed E-state index contributed by atoms with van der Waals surface area (Å²) >= 11 is 5.91. The number of hydrogen-bond acceptors (Lipinski definition) is 6. The average Bonchev–Trinajstić information content (AvgIpc) is 2.25. The van der Waals surface area contributed by atoms with Crippen LogP contribution in [0.25, 0.3) is 0 Å². The van der Waals surface area contributed by atoms with Crippen LogP contribution in [-0.2, 0) is 0 Å². The van der Waals surface area contributed by atoms with E-state index >= 15 is 0 Å². The van der Waals surface area contributed by atoms with Crippen LogP contribution in [0.15, 0.2) is 0 Å². The number of aromatic nitrogens is 3. The Kier molecular flexibility index (Phi) is 6.42. The zero-order chi connectivity index (χ0) is 15.3. The molecule has 20 heavy (non-hydrogen) atoms. The molecule has 0 aliphatic carbocycles. The molecule has 6 nitrogen and oxygen atoms in total. The van der Waals surface area contributed by atoms with E-state index in [-0.39, 0.29) is 23.4 Å². The lowest BCUT2D eigenvalue weighted by Crippen LogP contribution is -2.37. The largest absolute Gasteiger partial charge is 0.461 e. The summed E-state index contributed by atoms with van der Waals surface area (Å²) in [5, 5.41) is 3.43. The lowest BCUT2D eigenvalue weighted by molar-refractivity contribution is 0.221. The average molecular weight is 302 g/mol. The summed E-state index contributed by atoms with van der Waals surface area (Å²) in [6.07, 6.45) is -0.0102. The Morgan fingerprint density at radius 3 is 2.30 bits per heavy atom. The number of likely N-dealkylation sites (N-methyl/N-ethyl adjacent to an activating group) is 1. The highest BCUT2D eigenvalue weighted by atomic mass is 35.5. The van der Waals surface area contributed by atoms with E-state index in [0.717, 1.165) is 6.54 Å². The predicted octanol–water partition coefficient (Wildman–Crippen LogP) is 2.31. The Balaban J connectivity index is 2.86. The maximum Gasteiger partial charge on any atom is 0.322 e. The summed E-state index contributed by atoms with van der Waals surface area (Å²) in [6, 6.07) is 0.463. The van der Waals surface area contributed by atoms with Crippen molar-refractivity contribution in [2.75, 3.05) is 26.0 Å². The number of anilines is 1. The van der Waals surface area contributed by atoms with Crippen LogP contribution in [0.1, 0.15) is 27.7 Å².